The first kappa shape index (κ1) is 24.3. The number of H-pyrrole nitrogens is 1. The number of fused-ring (bicyclic) bond motifs is 1. The fourth-order valence-corrected chi connectivity index (χ4v) is 3.69. The smallest absolute Gasteiger partial charge is 0.354 e. The largest absolute Gasteiger partial charge is 0.417 e. The third kappa shape index (κ3) is 4.73. The molecule has 0 aliphatic carbocycles. The van der Waals surface area contributed by atoms with E-state index in [1.54, 1.807) is 0 Å². The predicted molar refractivity (Wildman–Crippen MR) is 110 cm³/mol. The van der Waals surface area contributed by atoms with Crippen LogP contribution in [-0.4, -0.2) is 20.2 Å². The number of alkyl halides is 6. The summed E-state index contributed by atoms with van der Waals surface area (Å²) in [5.74, 6) is -1.68. The van der Waals surface area contributed by atoms with Crippen LogP contribution < -0.4 is 4.68 Å². The van der Waals surface area contributed by atoms with E-state index in [-0.39, 0.29) is 41.0 Å². The lowest BCUT2D eigenvalue weighted by molar-refractivity contribution is -0.746. The Kier molecular flexibility index (Phi) is 5.68. The fourth-order valence-electron chi connectivity index (χ4n) is 3.69. The highest BCUT2D eigenvalue weighted by molar-refractivity contribution is 5.77. The number of benzene rings is 2. The lowest BCUT2D eigenvalue weighted by atomic mass is 10.0. The lowest BCUT2D eigenvalue weighted by Crippen LogP contribution is -2.37. The first-order valence-corrected chi connectivity index (χ1v) is 10.3. The number of nitrogens with one attached hydrogen (secondary N) is 1. The number of imidazole rings is 1. The van der Waals surface area contributed by atoms with Gasteiger partial charge in [-0.1, -0.05) is 22.0 Å². The first-order valence-electron chi connectivity index (χ1n) is 10.3. The molecule has 3 heterocycles. The molecule has 5 rings (SSSR count). The molecule has 0 spiro atoms. The van der Waals surface area contributed by atoms with Crippen molar-refractivity contribution in [2.24, 2.45) is 0 Å². The summed E-state index contributed by atoms with van der Waals surface area (Å²) in [6.45, 7) is -0.132. The number of hydrogen-bond acceptors (Lipinski definition) is 4. The minimum Gasteiger partial charge on any atom is -0.354 e. The molecule has 1 N–H and O–H groups in total. The molecule has 0 saturated heterocycles. The van der Waals surface area contributed by atoms with Crippen molar-refractivity contribution >= 4 is 11.0 Å². The van der Waals surface area contributed by atoms with E-state index < -0.39 is 40.7 Å². The van der Waals surface area contributed by atoms with Gasteiger partial charge in [-0.25, -0.2) is 13.8 Å². The van der Waals surface area contributed by atoms with Gasteiger partial charge in [0, 0.05) is 11.6 Å². The van der Waals surface area contributed by atoms with Crippen molar-refractivity contribution in [2.45, 2.75) is 18.9 Å². The quantitative estimate of drug-likeness (QED) is 0.233. The van der Waals surface area contributed by atoms with E-state index in [1.165, 1.54) is 23.1 Å². The van der Waals surface area contributed by atoms with Crippen LogP contribution in [0.5, 0.6) is 0 Å². The van der Waals surface area contributed by atoms with Gasteiger partial charge in [-0.2, -0.15) is 26.3 Å². The van der Waals surface area contributed by atoms with Crippen molar-refractivity contribution in [3.8, 4) is 22.6 Å². The molecule has 0 atom stereocenters. The van der Waals surface area contributed by atoms with Crippen molar-refractivity contribution in [1.29, 1.82) is 0 Å². The second-order valence-corrected chi connectivity index (χ2v) is 7.89. The Labute approximate surface area is 201 Å². The van der Waals surface area contributed by atoms with Crippen LogP contribution in [0.2, 0.25) is 0 Å². The second-order valence-electron chi connectivity index (χ2n) is 7.89. The molecule has 6 nitrogen and oxygen atoms in total. The van der Waals surface area contributed by atoms with E-state index in [9.17, 15) is 35.1 Å². The minimum absolute atomic E-state index is 0.0160. The molecule has 2 aromatic carbocycles. The van der Waals surface area contributed by atoms with E-state index in [2.05, 4.69) is 20.2 Å². The Bertz CT molecular complexity index is 1600. The molecule has 0 aliphatic heterocycles. The van der Waals surface area contributed by atoms with Crippen LogP contribution in [0, 0.1) is 11.6 Å². The Balaban J connectivity index is 1.45. The van der Waals surface area contributed by atoms with Gasteiger partial charge >= 0.3 is 12.4 Å². The average Bonchev–Trinajstić information content (AvgIpc) is 3.44. The summed E-state index contributed by atoms with van der Waals surface area (Å²) in [4.78, 5) is 6.90. The Hall–Kier alpha value is -4.36. The SMILES string of the molecule is Fc1cccc(F)c1-c1nc2cn[n+](Cc3cc(-c4ccc(C(F)(F)F)cc4C(F)(F)F)no3)cc2[nH]1. The highest BCUT2D eigenvalue weighted by Gasteiger charge is 2.39. The van der Waals surface area contributed by atoms with E-state index in [4.69, 9.17) is 4.52 Å². The molecular formula is C23H12F8N5O+. The maximum Gasteiger partial charge on any atom is 0.417 e. The average molecular weight is 526 g/mol. The molecule has 0 amide bonds. The van der Waals surface area contributed by atoms with Crippen LogP contribution in [0.15, 0.2) is 59.4 Å². The van der Waals surface area contributed by atoms with Gasteiger partial charge in [0.2, 0.25) is 18.5 Å². The molecular weight excluding hydrogens is 514 g/mol. The summed E-state index contributed by atoms with van der Waals surface area (Å²) < 4.78 is 114. The monoisotopic (exact) mass is 526 g/mol. The van der Waals surface area contributed by atoms with E-state index in [1.807, 2.05) is 0 Å². The lowest BCUT2D eigenvalue weighted by Gasteiger charge is -2.14. The van der Waals surface area contributed by atoms with Crippen LogP contribution in [0.1, 0.15) is 16.9 Å². The van der Waals surface area contributed by atoms with Crippen molar-refractivity contribution in [1.82, 2.24) is 20.2 Å². The highest BCUT2D eigenvalue weighted by atomic mass is 19.4. The van der Waals surface area contributed by atoms with Crippen LogP contribution >= 0.6 is 0 Å². The maximum atomic E-state index is 14.1. The summed E-state index contributed by atoms with van der Waals surface area (Å²) in [6.07, 6.45) is -7.32. The van der Waals surface area contributed by atoms with Gasteiger partial charge in [-0.3, -0.25) is 0 Å². The summed E-state index contributed by atoms with van der Waals surface area (Å²) in [5, 5.41) is 7.66. The van der Waals surface area contributed by atoms with Crippen LogP contribution in [-0.2, 0) is 18.9 Å². The molecule has 14 heteroatoms. The topological polar surface area (TPSA) is 71.5 Å². The zero-order valence-corrected chi connectivity index (χ0v) is 18.1. The summed E-state index contributed by atoms with van der Waals surface area (Å²) in [7, 11) is 0. The van der Waals surface area contributed by atoms with E-state index in [0.717, 1.165) is 18.2 Å². The molecule has 0 unspecified atom stereocenters. The first-order chi connectivity index (χ1) is 17.4. The van der Waals surface area contributed by atoms with Gasteiger partial charge in [-0.05, 0) is 29.4 Å². The third-order valence-electron chi connectivity index (χ3n) is 5.37. The zero-order chi connectivity index (χ0) is 26.5. The van der Waals surface area contributed by atoms with Gasteiger partial charge in [0.05, 0.1) is 16.7 Å². The van der Waals surface area contributed by atoms with Crippen LogP contribution in [0.4, 0.5) is 35.1 Å². The summed E-state index contributed by atoms with van der Waals surface area (Å²) >= 11 is 0. The third-order valence-corrected chi connectivity index (χ3v) is 5.37. The van der Waals surface area contributed by atoms with Crippen LogP contribution in [0.25, 0.3) is 33.7 Å². The highest BCUT2D eigenvalue weighted by Crippen LogP contribution is 2.40. The Morgan fingerprint density at radius 2 is 1.65 bits per heavy atom. The van der Waals surface area contributed by atoms with Crippen molar-refractivity contribution in [2.75, 3.05) is 0 Å². The molecule has 190 valence electrons. The maximum absolute atomic E-state index is 14.1. The normalized spacial score (nSPS) is 12.4. The number of aromatic amines is 1. The molecule has 37 heavy (non-hydrogen) atoms. The van der Waals surface area contributed by atoms with Gasteiger partial charge in [0.25, 0.3) is 0 Å². The van der Waals surface area contributed by atoms with Crippen molar-refractivity contribution in [3.05, 3.63) is 83.4 Å². The standard InChI is InChI=1S/C23H11F8N5O/c24-15-2-1-3-16(25)20(15)21-33-18-8-32-36(10-19(18)34-21)9-12-7-17(35-37-12)13-5-4-11(22(26,27)28)6-14(13)23(29,30)31/h1-8,10H,9H2/p+1. The predicted octanol–water partition coefficient (Wildman–Crippen LogP) is 5.93. The van der Waals surface area contributed by atoms with Gasteiger partial charge in [-0.15, -0.1) is 0 Å². The number of hydrogen-bond donors (Lipinski definition) is 1. The molecule has 0 saturated carbocycles. The molecule has 0 fully saturated rings. The number of aromatic nitrogens is 5. The number of halogens is 8. The summed E-state index contributed by atoms with van der Waals surface area (Å²) in [5.41, 5.74) is -3.61. The van der Waals surface area contributed by atoms with Gasteiger partial charge in [0.15, 0.2) is 0 Å². The Morgan fingerprint density at radius 1 is 0.919 bits per heavy atom. The fraction of sp³-hybridized carbons (Fsp3) is 0.130. The zero-order valence-electron chi connectivity index (χ0n) is 18.1. The number of nitrogens with zero attached hydrogens (tertiary/aromatic N) is 4. The van der Waals surface area contributed by atoms with Crippen molar-refractivity contribution in [3.63, 3.8) is 0 Å². The molecule has 3 aromatic heterocycles. The second kappa shape index (κ2) is 8.64. The van der Waals surface area contributed by atoms with Gasteiger partial charge in [0.1, 0.15) is 40.4 Å². The minimum atomic E-state index is -5.08. The van der Waals surface area contributed by atoms with E-state index in [0.29, 0.717) is 17.6 Å². The van der Waals surface area contributed by atoms with Gasteiger partial charge < -0.3 is 9.51 Å². The Morgan fingerprint density at radius 3 is 2.32 bits per heavy atom. The molecule has 5 aromatic rings. The molecule has 0 radical (unpaired) electrons. The van der Waals surface area contributed by atoms with Crippen LogP contribution in [0.3, 0.4) is 0 Å². The van der Waals surface area contributed by atoms with E-state index >= 15 is 0 Å². The summed E-state index contributed by atoms with van der Waals surface area (Å²) in [6, 6.07) is 5.72. The molecule has 0 aliphatic rings. The molecule has 0 bridgehead atoms. The number of rotatable bonds is 4. The van der Waals surface area contributed by atoms with Crippen molar-refractivity contribution < 1.29 is 44.3 Å².